The molecule has 2 atom stereocenters. The van der Waals surface area contributed by atoms with Gasteiger partial charge in [0.2, 0.25) is 5.91 Å². The average Bonchev–Trinajstić information content (AvgIpc) is 2.47. The molecule has 2 N–H and O–H groups in total. The molecular weight excluding hydrogens is 228 g/mol. The maximum absolute atomic E-state index is 11.9. The number of carbonyl (C=O) groups excluding carboxylic acids is 1. The summed E-state index contributed by atoms with van der Waals surface area (Å²) in [6, 6.07) is -0.202. The van der Waals surface area contributed by atoms with Gasteiger partial charge in [-0.2, -0.15) is 0 Å². The highest BCUT2D eigenvalue weighted by molar-refractivity contribution is 5.85. The van der Waals surface area contributed by atoms with E-state index in [1.54, 1.807) is 4.90 Å². The minimum Gasteiger partial charge on any atom is -0.392 e. The third-order valence-electron chi connectivity index (χ3n) is 2.49. The summed E-state index contributed by atoms with van der Waals surface area (Å²) in [7, 11) is 1.82. The van der Waals surface area contributed by atoms with E-state index in [9.17, 15) is 9.90 Å². The Balaban J connectivity index is 0.00000225. The first kappa shape index (κ1) is 15.7. The fourth-order valence-electron chi connectivity index (χ4n) is 1.96. The molecule has 16 heavy (non-hydrogen) atoms. The number of nitrogens with zero attached hydrogens (tertiary/aromatic N) is 1. The van der Waals surface area contributed by atoms with Gasteiger partial charge < -0.3 is 15.3 Å². The molecule has 1 saturated heterocycles. The van der Waals surface area contributed by atoms with Gasteiger partial charge >= 0.3 is 0 Å². The molecule has 0 saturated carbocycles. The van der Waals surface area contributed by atoms with Crippen LogP contribution in [0.15, 0.2) is 0 Å². The lowest BCUT2D eigenvalue weighted by Crippen LogP contribution is -2.44. The summed E-state index contributed by atoms with van der Waals surface area (Å²) >= 11 is 0. The summed E-state index contributed by atoms with van der Waals surface area (Å²) in [5.74, 6) is 0.0847. The molecule has 0 spiro atoms. The predicted octanol–water partition coefficient (Wildman–Crippen LogP) is 0.635. The van der Waals surface area contributed by atoms with Crippen LogP contribution in [0.1, 0.15) is 27.2 Å². The molecule has 1 amide bonds. The van der Waals surface area contributed by atoms with Crippen LogP contribution in [-0.4, -0.2) is 48.2 Å². The summed E-state index contributed by atoms with van der Waals surface area (Å²) in [4.78, 5) is 13.7. The third-order valence-corrected chi connectivity index (χ3v) is 2.49. The number of rotatable bonds is 2. The normalized spacial score (nSPS) is 25.1. The second-order valence-corrected chi connectivity index (χ2v) is 5.61. The number of aliphatic hydroxyl groups excluding tert-OH is 1. The molecule has 0 aromatic rings. The number of aliphatic hydroxyl groups is 1. The fourth-order valence-corrected chi connectivity index (χ4v) is 1.96. The van der Waals surface area contributed by atoms with Gasteiger partial charge in [0.25, 0.3) is 0 Å². The van der Waals surface area contributed by atoms with E-state index in [0.29, 0.717) is 13.0 Å². The minimum absolute atomic E-state index is 0. The van der Waals surface area contributed by atoms with E-state index in [4.69, 9.17) is 0 Å². The van der Waals surface area contributed by atoms with Gasteiger partial charge in [0.15, 0.2) is 0 Å². The fraction of sp³-hybridized carbons (Fsp3) is 0.909. The van der Waals surface area contributed by atoms with Crippen LogP contribution < -0.4 is 5.32 Å². The van der Waals surface area contributed by atoms with Crippen LogP contribution in [0.25, 0.3) is 0 Å². The number of hydrogen-bond acceptors (Lipinski definition) is 3. The highest BCUT2D eigenvalue weighted by Crippen LogP contribution is 2.16. The molecule has 1 aliphatic heterocycles. The van der Waals surface area contributed by atoms with Gasteiger partial charge in [0.1, 0.15) is 0 Å². The SMILES string of the molecule is CN(CC(C)(C)C)C(=O)C1CC(O)CN1.Cl. The molecule has 96 valence electrons. The lowest BCUT2D eigenvalue weighted by atomic mass is 9.96. The van der Waals surface area contributed by atoms with Crippen molar-refractivity contribution in [3.8, 4) is 0 Å². The van der Waals surface area contributed by atoms with Gasteiger partial charge in [-0.25, -0.2) is 0 Å². The van der Waals surface area contributed by atoms with Crippen LogP contribution in [0, 0.1) is 5.41 Å². The Morgan fingerprint density at radius 1 is 1.50 bits per heavy atom. The standard InChI is InChI=1S/C11H22N2O2.ClH/c1-11(2,3)7-13(4)10(15)9-5-8(14)6-12-9;/h8-9,12,14H,5-7H2,1-4H3;1H. The van der Waals surface area contributed by atoms with E-state index in [-0.39, 0.29) is 35.9 Å². The Labute approximate surface area is 104 Å². The van der Waals surface area contributed by atoms with Gasteiger partial charge in [-0.1, -0.05) is 20.8 Å². The number of likely N-dealkylation sites (N-methyl/N-ethyl adjacent to an activating group) is 1. The smallest absolute Gasteiger partial charge is 0.239 e. The summed E-state index contributed by atoms with van der Waals surface area (Å²) < 4.78 is 0. The molecule has 0 bridgehead atoms. The maximum atomic E-state index is 11.9. The minimum atomic E-state index is -0.373. The maximum Gasteiger partial charge on any atom is 0.239 e. The summed E-state index contributed by atoms with van der Waals surface area (Å²) in [5.41, 5.74) is 0.113. The number of amides is 1. The van der Waals surface area contributed by atoms with E-state index in [1.807, 2.05) is 7.05 Å². The quantitative estimate of drug-likeness (QED) is 0.756. The Bertz CT molecular complexity index is 241. The van der Waals surface area contributed by atoms with Crippen molar-refractivity contribution < 1.29 is 9.90 Å². The monoisotopic (exact) mass is 250 g/mol. The molecule has 5 heteroatoms. The van der Waals surface area contributed by atoms with Crippen LogP contribution in [0.3, 0.4) is 0 Å². The highest BCUT2D eigenvalue weighted by Gasteiger charge is 2.31. The molecule has 0 aromatic heterocycles. The predicted molar refractivity (Wildman–Crippen MR) is 66.8 cm³/mol. The zero-order valence-electron chi connectivity index (χ0n) is 10.5. The molecule has 0 aliphatic carbocycles. The lowest BCUT2D eigenvalue weighted by molar-refractivity contribution is -0.133. The van der Waals surface area contributed by atoms with E-state index in [0.717, 1.165) is 6.54 Å². The van der Waals surface area contributed by atoms with Crippen molar-refractivity contribution >= 4 is 18.3 Å². The van der Waals surface area contributed by atoms with Crippen molar-refractivity contribution in [2.75, 3.05) is 20.1 Å². The molecule has 4 nitrogen and oxygen atoms in total. The van der Waals surface area contributed by atoms with Crippen molar-refractivity contribution in [1.82, 2.24) is 10.2 Å². The molecular formula is C11H23ClN2O2. The molecule has 1 fully saturated rings. The van der Waals surface area contributed by atoms with Crippen LogP contribution in [0.4, 0.5) is 0 Å². The summed E-state index contributed by atoms with van der Waals surface area (Å²) in [6.07, 6.45) is 0.162. The molecule has 1 rings (SSSR count). The van der Waals surface area contributed by atoms with E-state index >= 15 is 0 Å². The number of nitrogens with one attached hydrogen (secondary N) is 1. The molecule has 1 aliphatic rings. The lowest BCUT2D eigenvalue weighted by Gasteiger charge is -2.28. The second-order valence-electron chi connectivity index (χ2n) is 5.61. The average molecular weight is 251 g/mol. The Morgan fingerprint density at radius 2 is 2.06 bits per heavy atom. The van der Waals surface area contributed by atoms with Crippen LogP contribution >= 0.6 is 12.4 Å². The molecule has 0 radical (unpaired) electrons. The molecule has 2 unspecified atom stereocenters. The Kier molecular flexibility index (Phi) is 5.73. The highest BCUT2D eigenvalue weighted by atomic mass is 35.5. The number of halogens is 1. The Morgan fingerprint density at radius 3 is 2.44 bits per heavy atom. The molecule has 0 aromatic carbocycles. The first-order chi connectivity index (χ1) is 6.79. The zero-order chi connectivity index (χ0) is 11.6. The van der Waals surface area contributed by atoms with Crippen molar-refractivity contribution in [2.24, 2.45) is 5.41 Å². The topological polar surface area (TPSA) is 52.6 Å². The van der Waals surface area contributed by atoms with Gasteiger partial charge in [0, 0.05) is 20.1 Å². The summed E-state index contributed by atoms with van der Waals surface area (Å²) in [6.45, 7) is 7.58. The largest absolute Gasteiger partial charge is 0.392 e. The van der Waals surface area contributed by atoms with E-state index in [2.05, 4.69) is 26.1 Å². The first-order valence-electron chi connectivity index (χ1n) is 5.46. The van der Waals surface area contributed by atoms with Crippen molar-refractivity contribution in [3.05, 3.63) is 0 Å². The third kappa shape index (κ3) is 4.68. The van der Waals surface area contributed by atoms with Gasteiger partial charge in [0.05, 0.1) is 12.1 Å². The van der Waals surface area contributed by atoms with Gasteiger partial charge in [-0.05, 0) is 11.8 Å². The van der Waals surface area contributed by atoms with Crippen molar-refractivity contribution in [3.63, 3.8) is 0 Å². The van der Waals surface area contributed by atoms with Crippen LogP contribution in [0.2, 0.25) is 0 Å². The van der Waals surface area contributed by atoms with Crippen molar-refractivity contribution in [2.45, 2.75) is 39.3 Å². The molecule has 1 heterocycles. The number of β-amino-alcohol motifs (C(OH)–C–C–N with tert-alkyl or cyclic N) is 1. The van der Waals surface area contributed by atoms with E-state index < -0.39 is 0 Å². The van der Waals surface area contributed by atoms with Crippen LogP contribution in [-0.2, 0) is 4.79 Å². The van der Waals surface area contributed by atoms with Gasteiger partial charge in [-0.15, -0.1) is 12.4 Å². The zero-order valence-corrected chi connectivity index (χ0v) is 11.3. The van der Waals surface area contributed by atoms with Crippen LogP contribution in [0.5, 0.6) is 0 Å². The number of hydrogen-bond donors (Lipinski definition) is 2. The van der Waals surface area contributed by atoms with Crippen molar-refractivity contribution in [1.29, 1.82) is 0 Å². The first-order valence-corrected chi connectivity index (χ1v) is 5.46. The second kappa shape index (κ2) is 5.84. The summed E-state index contributed by atoms with van der Waals surface area (Å²) in [5, 5.41) is 12.4. The van der Waals surface area contributed by atoms with Gasteiger partial charge in [-0.3, -0.25) is 4.79 Å². The number of carbonyl (C=O) groups is 1. The Hall–Kier alpha value is -0.320. The van der Waals surface area contributed by atoms with E-state index in [1.165, 1.54) is 0 Å².